The van der Waals surface area contributed by atoms with Crippen molar-refractivity contribution in [1.82, 2.24) is 5.32 Å². The number of ether oxygens (including phenoxy) is 1. The minimum absolute atomic E-state index is 0.297. The van der Waals surface area contributed by atoms with Gasteiger partial charge in [-0.05, 0) is 23.8 Å². The Kier molecular flexibility index (Phi) is 6.91. The van der Waals surface area contributed by atoms with E-state index in [-0.39, 0.29) is 5.92 Å². The minimum Gasteiger partial charge on any atom is -0.448 e. The molecule has 0 heterocycles. The maximum absolute atomic E-state index is 12.3. The van der Waals surface area contributed by atoms with E-state index in [1.165, 1.54) is 11.8 Å². The van der Waals surface area contributed by atoms with Crippen molar-refractivity contribution in [3.8, 4) is 0 Å². The van der Waals surface area contributed by atoms with E-state index in [0.29, 0.717) is 5.56 Å². The van der Waals surface area contributed by atoms with E-state index in [2.05, 4.69) is 0 Å². The normalized spacial score (nSPS) is 11.8. The molecule has 120 valence electrons. The van der Waals surface area contributed by atoms with Gasteiger partial charge in [0.15, 0.2) is 6.10 Å². The lowest BCUT2D eigenvalue weighted by Gasteiger charge is -2.20. The van der Waals surface area contributed by atoms with Crippen LogP contribution >= 0.6 is 11.8 Å². The quantitative estimate of drug-likeness (QED) is 0.617. The van der Waals surface area contributed by atoms with Crippen LogP contribution in [0, 0.1) is 5.92 Å². The summed E-state index contributed by atoms with van der Waals surface area (Å²) >= 11 is 1.51. The highest BCUT2D eigenvalue weighted by Gasteiger charge is 2.28. The molecule has 0 aromatic heterocycles. The Morgan fingerprint density at radius 2 is 1.91 bits per heavy atom. The standard InChI is InChI=1S/C15H20N2O4S/c1-4-22-11-8-6-5-7-10(11)14(19)21-12(9(2)3)13(18)17-15(16)20/h5-9,12H,4H2,1-3H3,(H3,16,17,18,20)/t12-/m1/s1. The van der Waals surface area contributed by atoms with E-state index in [1.807, 2.05) is 24.4 Å². The van der Waals surface area contributed by atoms with Gasteiger partial charge in [-0.2, -0.15) is 0 Å². The predicted octanol–water partition coefficient (Wildman–Crippen LogP) is 2.17. The van der Waals surface area contributed by atoms with Crippen LogP contribution in [0.4, 0.5) is 4.79 Å². The Hall–Kier alpha value is -2.02. The third-order valence-electron chi connectivity index (χ3n) is 2.75. The molecular formula is C15H20N2O4S. The fraction of sp³-hybridized carbons (Fsp3) is 0.400. The second-order valence-electron chi connectivity index (χ2n) is 4.85. The van der Waals surface area contributed by atoms with Crippen LogP contribution < -0.4 is 11.1 Å². The first-order chi connectivity index (χ1) is 10.4. The molecule has 1 atom stereocenters. The highest BCUT2D eigenvalue weighted by molar-refractivity contribution is 7.99. The van der Waals surface area contributed by atoms with Gasteiger partial charge in [-0.1, -0.05) is 32.9 Å². The topological polar surface area (TPSA) is 98.5 Å². The van der Waals surface area contributed by atoms with Gasteiger partial charge in [-0.15, -0.1) is 11.8 Å². The SMILES string of the molecule is CCSc1ccccc1C(=O)O[C@@H](C(=O)NC(N)=O)C(C)C. The summed E-state index contributed by atoms with van der Waals surface area (Å²) in [5, 5.41) is 1.94. The van der Waals surface area contributed by atoms with E-state index in [0.717, 1.165) is 10.6 Å². The van der Waals surface area contributed by atoms with Crippen LogP contribution in [0.3, 0.4) is 0 Å². The molecule has 1 aromatic carbocycles. The highest BCUT2D eigenvalue weighted by atomic mass is 32.2. The number of thioether (sulfide) groups is 1. The number of hydrogen-bond acceptors (Lipinski definition) is 5. The van der Waals surface area contributed by atoms with Crippen LogP contribution in [0.2, 0.25) is 0 Å². The number of benzene rings is 1. The molecule has 3 amide bonds. The minimum atomic E-state index is -1.08. The first kappa shape index (κ1) is 18.0. The first-order valence-corrected chi connectivity index (χ1v) is 7.88. The van der Waals surface area contributed by atoms with E-state index < -0.39 is 24.0 Å². The second kappa shape index (κ2) is 8.43. The molecule has 0 fully saturated rings. The van der Waals surface area contributed by atoms with E-state index in [4.69, 9.17) is 10.5 Å². The number of primary amides is 1. The number of urea groups is 1. The number of amides is 3. The van der Waals surface area contributed by atoms with Crippen molar-refractivity contribution in [2.75, 3.05) is 5.75 Å². The molecule has 0 saturated carbocycles. The van der Waals surface area contributed by atoms with Gasteiger partial charge in [-0.3, -0.25) is 10.1 Å². The van der Waals surface area contributed by atoms with E-state index in [1.54, 1.807) is 26.0 Å². The van der Waals surface area contributed by atoms with Crippen LogP contribution in [0.5, 0.6) is 0 Å². The van der Waals surface area contributed by atoms with Gasteiger partial charge in [0.25, 0.3) is 5.91 Å². The van der Waals surface area contributed by atoms with Crippen molar-refractivity contribution in [3.05, 3.63) is 29.8 Å². The molecular weight excluding hydrogens is 304 g/mol. The number of esters is 1. The average molecular weight is 324 g/mol. The summed E-state index contributed by atoms with van der Waals surface area (Å²) in [4.78, 5) is 35.8. The lowest BCUT2D eigenvalue weighted by molar-refractivity contribution is -0.130. The second-order valence-corrected chi connectivity index (χ2v) is 6.16. The summed E-state index contributed by atoms with van der Waals surface area (Å²) in [5.41, 5.74) is 5.32. The van der Waals surface area contributed by atoms with Crippen molar-refractivity contribution in [3.63, 3.8) is 0 Å². The molecule has 1 rings (SSSR count). The Labute approximate surface area is 133 Å². The van der Waals surface area contributed by atoms with Gasteiger partial charge in [0.05, 0.1) is 5.56 Å². The summed E-state index contributed by atoms with van der Waals surface area (Å²) in [6, 6.07) is 6.04. The molecule has 1 aromatic rings. The largest absolute Gasteiger partial charge is 0.448 e. The molecule has 22 heavy (non-hydrogen) atoms. The van der Waals surface area contributed by atoms with Gasteiger partial charge in [0.2, 0.25) is 0 Å². The number of rotatable bonds is 6. The molecule has 0 radical (unpaired) electrons. The van der Waals surface area contributed by atoms with E-state index >= 15 is 0 Å². The maximum atomic E-state index is 12.3. The highest BCUT2D eigenvalue weighted by Crippen LogP contribution is 2.23. The van der Waals surface area contributed by atoms with Crippen molar-refractivity contribution in [1.29, 1.82) is 0 Å². The predicted molar refractivity (Wildman–Crippen MR) is 84.6 cm³/mol. The Bertz CT molecular complexity index is 560. The molecule has 3 N–H and O–H groups in total. The van der Waals surface area contributed by atoms with Crippen LogP contribution in [-0.4, -0.2) is 29.8 Å². The van der Waals surface area contributed by atoms with E-state index in [9.17, 15) is 14.4 Å². The number of nitrogens with two attached hydrogens (primary N) is 1. The fourth-order valence-corrected chi connectivity index (χ4v) is 2.57. The van der Waals surface area contributed by atoms with Crippen molar-refractivity contribution >= 4 is 29.7 Å². The number of hydrogen-bond donors (Lipinski definition) is 2. The van der Waals surface area contributed by atoms with Gasteiger partial charge in [-0.25, -0.2) is 9.59 Å². The van der Waals surface area contributed by atoms with Crippen LogP contribution in [0.15, 0.2) is 29.2 Å². The number of carbonyl (C=O) groups excluding carboxylic acids is 3. The zero-order chi connectivity index (χ0) is 16.7. The van der Waals surface area contributed by atoms with Crippen LogP contribution in [-0.2, 0) is 9.53 Å². The molecule has 0 bridgehead atoms. The molecule has 0 spiro atoms. The number of imide groups is 1. The average Bonchev–Trinajstić information content (AvgIpc) is 2.44. The zero-order valence-electron chi connectivity index (χ0n) is 12.8. The van der Waals surface area contributed by atoms with Gasteiger partial charge in [0, 0.05) is 4.90 Å². The van der Waals surface area contributed by atoms with Crippen LogP contribution in [0.25, 0.3) is 0 Å². The van der Waals surface area contributed by atoms with Crippen LogP contribution in [0.1, 0.15) is 31.1 Å². The van der Waals surface area contributed by atoms with Gasteiger partial charge in [0.1, 0.15) is 0 Å². The Morgan fingerprint density at radius 3 is 2.45 bits per heavy atom. The van der Waals surface area contributed by atoms with Gasteiger partial charge < -0.3 is 10.5 Å². The third-order valence-corrected chi connectivity index (χ3v) is 3.71. The lowest BCUT2D eigenvalue weighted by atomic mass is 10.1. The molecule has 6 nitrogen and oxygen atoms in total. The number of carbonyl (C=O) groups is 3. The molecule has 0 saturated heterocycles. The smallest absolute Gasteiger partial charge is 0.340 e. The molecule has 0 aliphatic heterocycles. The fourth-order valence-electron chi connectivity index (χ4n) is 1.78. The summed E-state index contributed by atoms with van der Waals surface area (Å²) in [5.74, 6) is -0.819. The Balaban J connectivity index is 2.92. The summed E-state index contributed by atoms with van der Waals surface area (Å²) in [6.45, 7) is 5.40. The van der Waals surface area contributed by atoms with Gasteiger partial charge >= 0.3 is 12.0 Å². The van der Waals surface area contributed by atoms with Crippen molar-refractivity contribution in [2.24, 2.45) is 11.7 Å². The Morgan fingerprint density at radius 1 is 1.27 bits per heavy atom. The number of nitrogens with one attached hydrogen (secondary N) is 1. The third kappa shape index (κ3) is 5.07. The summed E-state index contributed by atoms with van der Waals surface area (Å²) in [6.07, 6.45) is -1.08. The summed E-state index contributed by atoms with van der Waals surface area (Å²) < 4.78 is 5.28. The zero-order valence-corrected chi connectivity index (χ0v) is 13.6. The molecule has 0 aliphatic carbocycles. The maximum Gasteiger partial charge on any atom is 0.340 e. The molecule has 7 heteroatoms. The first-order valence-electron chi connectivity index (χ1n) is 6.89. The summed E-state index contributed by atoms with van der Waals surface area (Å²) in [7, 11) is 0. The molecule has 0 unspecified atom stereocenters. The lowest BCUT2D eigenvalue weighted by Crippen LogP contribution is -2.45. The monoisotopic (exact) mass is 324 g/mol. The van der Waals surface area contributed by atoms with Crippen molar-refractivity contribution in [2.45, 2.75) is 31.8 Å². The van der Waals surface area contributed by atoms with Crippen molar-refractivity contribution < 1.29 is 19.1 Å². The molecule has 0 aliphatic rings.